The third-order valence-corrected chi connectivity index (χ3v) is 2.52. The van der Waals surface area contributed by atoms with E-state index in [1.807, 2.05) is 31.9 Å². The Hall–Kier alpha value is -1.69. The smallest absolute Gasteiger partial charge is 0.148 e. The van der Waals surface area contributed by atoms with E-state index in [2.05, 4.69) is 20.5 Å². The number of aromatic nitrogens is 5. The zero-order valence-electron chi connectivity index (χ0n) is 9.80. The summed E-state index contributed by atoms with van der Waals surface area (Å²) in [6.07, 6.45) is 3.60. The Morgan fingerprint density at radius 3 is 2.88 bits per heavy atom. The van der Waals surface area contributed by atoms with Crippen molar-refractivity contribution in [3.63, 3.8) is 0 Å². The predicted octanol–water partition coefficient (Wildman–Crippen LogP) is 0.0877. The average molecular weight is 220 g/mol. The second kappa shape index (κ2) is 4.44. The summed E-state index contributed by atoms with van der Waals surface area (Å²) in [6.45, 7) is 3.51. The van der Waals surface area contributed by atoms with Crippen molar-refractivity contribution in [1.82, 2.24) is 29.9 Å². The number of hydrogen-bond acceptors (Lipinski definition) is 4. The topological polar surface area (TPSA) is 60.6 Å². The van der Waals surface area contributed by atoms with E-state index in [1.165, 1.54) is 5.56 Å². The second-order valence-corrected chi connectivity index (χ2v) is 3.77. The third kappa shape index (κ3) is 2.11. The van der Waals surface area contributed by atoms with Crippen LogP contribution in [0.15, 0.2) is 12.5 Å². The molecule has 16 heavy (non-hydrogen) atoms. The Morgan fingerprint density at radius 1 is 1.44 bits per heavy atom. The highest BCUT2D eigenvalue weighted by Crippen LogP contribution is 2.06. The molecule has 0 bridgehead atoms. The first-order chi connectivity index (χ1) is 7.70. The van der Waals surface area contributed by atoms with Gasteiger partial charge in [-0.3, -0.25) is 9.36 Å². The van der Waals surface area contributed by atoms with Crippen molar-refractivity contribution in [1.29, 1.82) is 0 Å². The maximum absolute atomic E-state index is 4.44. The molecule has 0 spiro atoms. The Morgan fingerprint density at radius 2 is 2.25 bits per heavy atom. The SMILES string of the molecule is CNCc1cn(Cc2ncnn2C)nc1C. The van der Waals surface area contributed by atoms with Gasteiger partial charge in [-0.2, -0.15) is 10.2 Å². The molecule has 6 heteroatoms. The van der Waals surface area contributed by atoms with E-state index in [-0.39, 0.29) is 0 Å². The van der Waals surface area contributed by atoms with Crippen LogP contribution in [-0.4, -0.2) is 31.6 Å². The van der Waals surface area contributed by atoms with Crippen molar-refractivity contribution in [3.05, 3.63) is 29.6 Å². The zero-order chi connectivity index (χ0) is 11.5. The number of nitrogens with one attached hydrogen (secondary N) is 1. The fraction of sp³-hybridized carbons (Fsp3) is 0.500. The van der Waals surface area contributed by atoms with Crippen molar-refractivity contribution >= 4 is 0 Å². The van der Waals surface area contributed by atoms with Crippen molar-refractivity contribution in [2.24, 2.45) is 7.05 Å². The van der Waals surface area contributed by atoms with E-state index in [0.29, 0.717) is 6.54 Å². The predicted molar refractivity (Wildman–Crippen MR) is 59.8 cm³/mol. The van der Waals surface area contributed by atoms with Crippen LogP contribution < -0.4 is 5.32 Å². The minimum atomic E-state index is 0.654. The molecule has 0 fully saturated rings. The molecule has 86 valence electrons. The van der Waals surface area contributed by atoms with Crippen molar-refractivity contribution in [3.8, 4) is 0 Å². The van der Waals surface area contributed by atoms with Crippen molar-refractivity contribution in [2.75, 3.05) is 7.05 Å². The van der Waals surface area contributed by atoms with Gasteiger partial charge in [-0.25, -0.2) is 4.98 Å². The van der Waals surface area contributed by atoms with Gasteiger partial charge in [-0.1, -0.05) is 0 Å². The maximum Gasteiger partial charge on any atom is 0.148 e. The summed E-state index contributed by atoms with van der Waals surface area (Å²) >= 11 is 0. The highest BCUT2D eigenvalue weighted by atomic mass is 15.4. The Kier molecular flexibility index (Phi) is 3.00. The summed E-state index contributed by atoms with van der Waals surface area (Å²) in [5, 5.41) is 11.6. The summed E-state index contributed by atoms with van der Waals surface area (Å²) in [7, 11) is 3.81. The number of rotatable bonds is 4. The van der Waals surface area contributed by atoms with Crippen LogP contribution in [0.25, 0.3) is 0 Å². The molecule has 1 N–H and O–H groups in total. The van der Waals surface area contributed by atoms with Crippen LogP contribution in [0.3, 0.4) is 0 Å². The first-order valence-corrected chi connectivity index (χ1v) is 5.21. The minimum absolute atomic E-state index is 0.654. The molecule has 0 aromatic carbocycles. The van der Waals surface area contributed by atoms with Gasteiger partial charge in [-0.15, -0.1) is 0 Å². The monoisotopic (exact) mass is 220 g/mol. The van der Waals surface area contributed by atoms with Crippen LogP contribution in [0.2, 0.25) is 0 Å². The van der Waals surface area contributed by atoms with Crippen molar-refractivity contribution in [2.45, 2.75) is 20.0 Å². The van der Waals surface area contributed by atoms with Crippen LogP contribution in [0, 0.1) is 6.92 Å². The van der Waals surface area contributed by atoms with E-state index in [0.717, 1.165) is 18.1 Å². The van der Waals surface area contributed by atoms with Crippen LogP contribution >= 0.6 is 0 Å². The van der Waals surface area contributed by atoms with E-state index >= 15 is 0 Å². The quantitative estimate of drug-likeness (QED) is 0.793. The highest BCUT2D eigenvalue weighted by Gasteiger charge is 2.06. The Balaban J connectivity index is 2.16. The number of hydrogen-bond donors (Lipinski definition) is 1. The number of aryl methyl sites for hydroxylation is 2. The van der Waals surface area contributed by atoms with Gasteiger partial charge < -0.3 is 5.32 Å². The van der Waals surface area contributed by atoms with E-state index in [9.17, 15) is 0 Å². The lowest BCUT2D eigenvalue weighted by Gasteiger charge is -1.99. The average Bonchev–Trinajstić information content (AvgIpc) is 2.77. The largest absolute Gasteiger partial charge is 0.316 e. The van der Waals surface area contributed by atoms with E-state index in [4.69, 9.17) is 0 Å². The molecule has 0 radical (unpaired) electrons. The molecule has 0 saturated heterocycles. The Bertz CT molecular complexity index is 469. The van der Waals surface area contributed by atoms with Gasteiger partial charge in [0.25, 0.3) is 0 Å². The maximum atomic E-state index is 4.44. The Labute approximate surface area is 94.3 Å². The molecule has 0 aliphatic heterocycles. The van der Waals surface area contributed by atoms with E-state index < -0.39 is 0 Å². The molecule has 6 nitrogen and oxygen atoms in total. The molecule has 0 aliphatic carbocycles. The van der Waals surface area contributed by atoms with Gasteiger partial charge in [0.1, 0.15) is 18.7 Å². The lowest BCUT2D eigenvalue weighted by atomic mass is 10.3. The van der Waals surface area contributed by atoms with Crippen molar-refractivity contribution < 1.29 is 0 Å². The zero-order valence-corrected chi connectivity index (χ0v) is 9.80. The summed E-state index contributed by atoms with van der Waals surface area (Å²) in [5.74, 6) is 0.901. The van der Waals surface area contributed by atoms with Crippen LogP contribution in [0.4, 0.5) is 0 Å². The fourth-order valence-electron chi connectivity index (χ4n) is 1.61. The van der Waals surface area contributed by atoms with Gasteiger partial charge >= 0.3 is 0 Å². The molecule has 2 heterocycles. The summed E-state index contributed by atoms with van der Waals surface area (Å²) in [5.41, 5.74) is 2.26. The third-order valence-electron chi connectivity index (χ3n) is 2.52. The molecule has 0 saturated carbocycles. The molecular formula is C10H16N6. The molecule has 2 rings (SSSR count). The molecular weight excluding hydrogens is 204 g/mol. The number of nitrogens with zero attached hydrogens (tertiary/aromatic N) is 5. The lowest BCUT2D eigenvalue weighted by Crippen LogP contribution is -2.07. The molecule has 0 unspecified atom stereocenters. The van der Waals surface area contributed by atoms with Gasteiger partial charge in [0.2, 0.25) is 0 Å². The summed E-state index contributed by atoms with van der Waals surface area (Å²) in [6, 6.07) is 0. The van der Waals surface area contributed by atoms with Gasteiger partial charge in [0.05, 0.1) is 5.69 Å². The van der Waals surface area contributed by atoms with Gasteiger partial charge in [-0.05, 0) is 14.0 Å². The van der Waals surface area contributed by atoms with Crippen LogP contribution in [0.5, 0.6) is 0 Å². The molecule has 2 aromatic heterocycles. The van der Waals surface area contributed by atoms with Gasteiger partial charge in [0, 0.05) is 25.4 Å². The standard InChI is InChI=1S/C10H16N6/c1-8-9(4-11-2)5-16(14-8)6-10-12-7-13-15(10)3/h5,7,11H,4,6H2,1-3H3. The molecule has 0 aliphatic rings. The highest BCUT2D eigenvalue weighted by molar-refractivity contribution is 5.15. The second-order valence-electron chi connectivity index (χ2n) is 3.77. The van der Waals surface area contributed by atoms with Gasteiger partial charge in [0.15, 0.2) is 0 Å². The fourth-order valence-corrected chi connectivity index (χ4v) is 1.61. The summed E-state index contributed by atoms with van der Waals surface area (Å²) < 4.78 is 3.65. The summed E-state index contributed by atoms with van der Waals surface area (Å²) in [4.78, 5) is 4.17. The first-order valence-electron chi connectivity index (χ1n) is 5.21. The van der Waals surface area contributed by atoms with Crippen LogP contribution in [-0.2, 0) is 20.1 Å². The lowest BCUT2D eigenvalue weighted by molar-refractivity contribution is 0.604. The van der Waals surface area contributed by atoms with Crippen LogP contribution in [0.1, 0.15) is 17.1 Å². The van der Waals surface area contributed by atoms with E-state index in [1.54, 1.807) is 11.0 Å². The molecule has 0 amide bonds. The molecule has 0 atom stereocenters. The normalized spacial score (nSPS) is 10.9. The minimum Gasteiger partial charge on any atom is -0.316 e. The first kappa shape index (κ1) is 10.8. The molecule has 2 aromatic rings.